The Morgan fingerprint density at radius 2 is 1.09 bits per heavy atom. The van der Waals surface area contributed by atoms with Crippen molar-refractivity contribution in [3.63, 3.8) is 0 Å². The number of hydrogen-bond donors (Lipinski definition) is 1. The van der Waals surface area contributed by atoms with Crippen LogP contribution in [0.15, 0.2) is 60.8 Å². The second-order valence-electron chi connectivity index (χ2n) is 15.0. The third-order valence-corrected chi connectivity index (χ3v) is 9.53. The molecule has 54 heavy (non-hydrogen) atoms. The Hall–Kier alpha value is -2.29. The van der Waals surface area contributed by atoms with Crippen LogP contribution in [0, 0.1) is 0 Å². The average Bonchev–Trinajstić information content (AvgIpc) is 3.12. The smallest absolute Gasteiger partial charge is 0.462 e. The lowest BCUT2D eigenvalue weighted by molar-refractivity contribution is -0.870. The number of carbonyl (C=O) groups is 2. The van der Waals surface area contributed by atoms with Crippen LogP contribution in [-0.2, 0) is 32.7 Å². The molecule has 0 amide bonds. The van der Waals surface area contributed by atoms with E-state index in [0.717, 1.165) is 51.4 Å². The molecule has 0 radical (unpaired) electrons. The molecule has 1 unspecified atom stereocenters. The topological polar surface area (TPSA) is 108 Å². The Kier molecular flexibility index (Phi) is 34.8. The third-order valence-electron chi connectivity index (χ3n) is 8.55. The van der Waals surface area contributed by atoms with E-state index in [1.807, 2.05) is 27.2 Å². The molecule has 1 N–H and O–H groups in total. The van der Waals surface area contributed by atoms with E-state index >= 15 is 0 Å². The SMILES string of the molecule is CC/C=C/C/C=C/C/C=C/C/C=C/CCCCC(=O)OC[C@H](COP(=O)(O)OCC[N+](C)(C)C)OC(=O)CC/C=C/CCCCCCCCCCCCC. The summed E-state index contributed by atoms with van der Waals surface area (Å²) in [4.78, 5) is 35.2. The molecule has 10 heteroatoms. The highest BCUT2D eigenvalue weighted by Gasteiger charge is 2.27. The average molecular weight is 781 g/mol. The van der Waals surface area contributed by atoms with Gasteiger partial charge >= 0.3 is 19.8 Å². The molecule has 0 aliphatic heterocycles. The summed E-state index contributed by atoms with van der Waals surface area (Å²) in [5.74, 6) is -0.909. The van der Waals surface area contributed by atoms with E-state index in [-0.39, 0.29) is 26.1 Å². The van der Waals surface area contributed by atoms with Crippen molar-refractivity contribution in [3.8, 4) is 0 Å². The van der Waals surface area contributed by atoms with Crippen molar-refractivity contribution >= 4 is 19.8 Å². The maximum Gasteiger partial charge on any atom is 0.472 e. The number of unbranched alkanes of at least 4 members (excludes halogenated alkanes) is 13. The molecule has 9 nitrogen and oxygen atoms in total. The predicted octanol–water partition coefficient (Wildman–Crippen LogP) is 11.7. The minimum absolute atomic E-state index is 0.0170. The summed E-state index contributed by atoms with van der Waals surface area (Å²) in [6, 6.07) is 0. The summed E-state index contributed by atoms with van der Waals surface area (Å²) < 4.78 is 34.1. The van der Waals surface area contributed by atoms with Gasteiger partial charge in [-0.15, -0.1) is 0 Å². The van der Waals surface area contributed by atoms with E-state index in [1.54, 1.807) is 0 Å². The molecule has 0 aromatic carbocycles. The van der Waals surface area contributed by atoms with Gasteiger partial charge in [-0.2, -0.15) is 0 Å². The number of phosphoric ester groups is 1. The standard InChI is InChI=1S/C44H78NO8P/c1-6-8-10-12-14-16-18-20-22-24-26-28-30-32-34-36-43(46)50-40-42(41-52-54(48,49)51-39-38-45(3,4)5)53-44(47)37-35-33-31-29-27-25-23-21-19-17-15-13-11-9-7-2/h8,10,14,16,20,22,26,28,31,33,42H,6-7,9,11-13,15,17-19,21,23-25,27,29-30,32,34-41H2,1-5H3/p+1/b10-8+,16-14+,22-20+,28-26+,33-31+/t42-/m1/s1. The molecule has 0 rings (SSSR count). The maximum atomic E-state index is 12.6. The van der Waals surface area contributed by atoms with Crippen molar-refractivity contribution in [2.24, 2.45) is 0 Å². The van der Waals surface area contributed by atoms with E-state index in [2.05, 4.69) is 68.5 Å². The third kappa shape index (κ3) is 39.4. The second kappa shape index (κ2) is 36.4. The molecular weight excluding hydrogens is 701 g/mol. The molecule has 0 spiro atoms. The molecule has 0 aliphatic rings. The summed E-state index contributed by atoms with van der Waals surface area (Å²) in [5.41, 5.74) is 0. The van der Waals surface area contributed by atoms with Crippen LogP contribution in [0.3, 0.4) is 0 Å². The molecular formula is C44H79NO8P+. The Labute approximate surface area is 330 Å². The Morgan fingerprint density at radius 1 is 0.593 bits per heavy atom. The molecule has 312 valence electrons. The highest BCUT2D eigenvalue weighted by molar-refractivity contribution is 7.47. The lowest BCUT2D eigenvalue weighted by Gasteiger charge is -2.24. The fourth-order valence-corrected chi connectivity index (χ4v) is 6.00. The van der Waals surface area contributed by atoms with Gasteiger partial charge < -0.3 is 18.9 Å². The van der Waals surface area contributed by atoms with Crippen LogP contribution >= 0.6 is 7.82 Å². The Bertz CT molecular complexity index is 1110. The van der Waals surface area contributed by atoms with Gasteiger partial charge in [0.2, 0.25) is 0 Å². The van der Waals surface area contributed by atoms with Crippen molar-refractivity contribution in [2.45, 2.75) is 161 Å². The predicted molar refractivity (Wildman–Crippen MR) is 224 cm³/mol. The van der Waals surface area contributed by atoms with Crippen molar-refractivity contribution in [2.75, 3.05) is 47.5 Å². The van der Waals surface area contributed by atoms with E-state index in [0.29, 0.717) is 23.9 Å². The van der Waals surface area contributed by atoms with Crippen LogP contribution in [0.4, 0.5) is 0 Å². The summed E-state index contributed by atoms with van der Waals surface area (Å²) >= 11 is 0. The van der Waals surface area contributed by atoms with Crippen molar-refractivity contribution in [1.29, 1.82) is 0 Å². The van der Waals surface area contributed by atoms with Crippen LogP contribution in [0.1, 0.15) is 155 Å². The summed E-state index contributed by atoms with van der Waals surface area (Å²) in [6.45, 7) is 4.20. The zero-order valence-corrected chi connectivity index (χ0v) is 35.8. The molecule has 0 saturated heterocycles. The number of nitrogens with zero attached hydrogens (tertiary/aromatic N) is 1. The number of carbonyl (C=O) groups excluding carboxylic acids is 2. The summed E-state index contributed by atoms with van der Waals surface area (Å²) in [6.07, 6.45) is 42.9. The fourth-order valence-electron chi connectivity index (χ4n) is 5.26. The van der Waals surface area contributed by atoms with Crippen LogP contribution in [-0.4, -0.2) is 74.9 Å². The highest BCUT2D eigenvalue weighted by atomic mass is 31.2. The molecule has 0 aromatic heterocycles. The first-order valence-electron chi connectivity index (χ1n) is 21.0. The quantitative estimate of drug-likeness (QED) is 0.0218. The van der Waals surface area contributed by atoms with Gasteiger partial charge in [0, 0.05) is 12.8 Å². The number of ether oxygens (including phenoxy) is 2. The first-order valence-corrected chi connectivity index (χ1v) is 22.5. The molecule has 0 aromatic rings. The molecule has 0 heterocycles. The monoisotopic (exact) mass is 781 g/mol. The highest BCUT2D eigenvalue weighted by Crippen LogP contribution is 2.43. The number of hydrogen-bond acceptors (Lipinski definition) is 7. The first kappa shape index (κ1) is 51.7. The number of esters is 2. The largest absolute Gasteiger partial charge is 0.472 e. The summed E-state index contributed by atoms with van der Waals surface area (Å²) in [7, 11) is 1.43. The van der Waals surface area contributed by atoms with Crippen molar-refractivity contribution in [1.82, 2.24) is 0 Å². The number of quaternary nitrogens is 1. The lowest BCUT2D eigenvalue weighted by Crippen LogP contribution is -2.37. The Morgan fingerprint density at radius 3 is 1.67 bits per heavy atom. The normalized spacial score (nSPS) is 14.3. The molecule has 0 bridgehead atoms. The van der Waals surface area contributed by atoms with Gasteiger partial charge in [-0.1, -0.05) is 139 Å². The van der Waals surface area contributed by atoms with Crippen LogP contribution in [0.5, 0.6) is 0 Å². The fraction of sp³-hybridized carbons (Fsp3) is 0.727. The van der Waals surface area contributed by atoms with Gasteiger partial charge in [0.15, 0.2) is 6.10 Å². The summed E-state index contributed by atoms with van der Waals surface area (Å²) in [5, 5.41) is 0. The zero-order valence-electron chi connectivity index (χ0n) is 34.9. The van der Waals surface area contributed by atoms with Gasteiger partial charge in [-0.3, -0.25) is 18.6 Å². The number of likely N-dealkylation sites (N-methyl/N-ethyl adjacent to an activating group) is 1. The van der Waals surface area contributed by atoms with Crippen LogP contribution < -0.4 is 0 Å². The molecule has 0 saturated carbocycles. The Balaban J connectivity index is 4.51. The minimum atomic E-state index is -4.39. The van der Waals surface area contributed by atoms with Gasteiger partial charge in [0.1, 0.15) is 19.8 Å². The number of phosphoric acid groups is 1. The first-order chi connectivity index (χ1) is 26.0. The molecule has 2 atom stereocenters. The van der Waals surface area contributed by atoms with Gasteiger partial charge in [0.05, 0.1) is 27.7 Å². The van der Waals surface area contributed by atoms with E-state index in [9.17, 15) is 19.0 Å². The van der Waals surface area contributed by atoms with Crippen LogP contribution in [0.2, 0.25) is 0 Å². The van der Waals surface area contributed by atoms with E-state index in [4.69, 9.17) is 18.5 Å². The van der Waals surface area contributed by atoms with Gasteiger partial charge in [-0.25, -0.2) is 4.57 Å². The van der Waals surface area contributed by atoms with Crippen LogP contribution in [0.25, 0.3) is 0 Å². The lowest BCUT2D eigenvalue weighted by atomic mass is 10.1. The molecule has 0 fully saturated rings. The van der Waals surface area contributed by atoms with Gasteiger partial charge in [0.25, 0.3) is 0 Å². The maximum absolute atomic E-state index is 12.6. The van der Waals surface area contributed by atoms with Gasteiger partial charge in [-0.05, 0) is 64.2 Å². The number of rotatable bonds is 37. The second-order valence-corrected chi connectivity index (χ2v) is 16.4. The van der Waals surface area contributed by atoms with E-state index in [1.165, 1.54) is 64.2 Å². The molecule has 0 aliphatic carbocycles. The minimum Gasteiger partial charge on any atom is -0.462 e. The van der Waals surface area contributed by atoms with Crippen molar-refractivity contribution in [3.05, 3.63) is 60.8 Å². The zero-order chi connectivity index (χ0) is 40.0. The van der Waals surface area contributed by atoms with Crippen molar-refractivity contribution < 1.29 is 42.1 Å². The van der Waals surface area contributed by atoms with E-state index < -0.39 is 32.5 Å². The number of allylic oxidation sites excluding steroid dienone is 10.